The fourth-order valence-electron chi connectivity index (χ4n) is 4.05. The number of aryl methyl sites for hydroxylation is 1. The van der Waals surface area contributed by atoms with E-state index in [-0.39, 0.29) is 5.91 Å². The fourth-order valence-corrected chi connectivity index (χ4v) is 4.05. The Morgan fingerprint density at radius 3 is 2.61 bits per heavy atom. The molecule has 1 amide bonds. The first-order chi connectivity index (χ1) is 13.7. The molecule has 5 heteroatoms. The quantitative estimate of drug-likeness (QED) is 0.664. The van der Waals surface area contributed by atoms with Gasteiger partial charge in [-0.3, -0.25) is 9.69 Å². The lowest BCUT2D eigenvalue weighted by molar-refractivity contribution is -0.132. The fraction of sp³-hybridized carbons (Fsp3) is 0.391. The predicted octanol–water partition coefficient (Wildman–Crippen LogP) is 2.99. The number of carbonyl (C=O) groups excluding carboxylic acids is 1. The summed E-state index contributed by atoms with van der Waals surface area (Å²) < 4.78 is 2.23. The van der Waals surface area contributed by atoms with E-state index in [0.29, 0.717) is 6.42 Å². The molecule has 0 spiro atoms. The predicted molar refractivity (Wildman–Crippen MR) is 112 cm³/mol. The third-order valence-corrected chi connectivity index (χ3v) is 5.72. The lowest BCUT2D eigenvalue weighted by Crippen LogP contribution is -2.49. The molecular weight excluding hydrogens is 348 g/mol. The van der Waals surface area contributed by atoms with Crippen molar-refractivity contribution in [2.24, 2.45) is 0 Å². The Morgan fingerprint density at radius 1 is 1.00 bits per heavy atom. The van der Waals surface area contributed by atoms with Crippen LogP contribution in [0.15, 0.2) is 54.9 Å². The third kappa shape index (κ3) is 4.09. The van der Waals surface area contributed by atoms with E-state index in [9.17, 15) is 4.79 Å². The molecule has 1 aromatic heterocycles. The number of aromatic nitrogens is 2. The largest absolute Gasteiger partial charge is 0.340 e. The number of hydrogen-bond donors (Lipinski definition) is 0. The van der Waals surface area contributed by atoms with Crippen LogP contribution in [0.3, 0.4) is 0 Å². The first-order valence-corrected chi connectivity index (χ1v) is 10.2. The standard InChI is InChI=1S/C23H28N4O/c1-2-22-24-10-11-26(22)15-12-25-13-16-27(17-14-25)23(28)18-20-8-5-7-19-6-3-4-9-21(19)20/h3-11H,2,12-18H2,1H3. The van der Waals surface area contributed by atoms with Gasteiger partial charge in [-0.05, 0) is 16.3 Å². The normalized spacial score (nSPS) is 15.2. The number of imidazole rings is 1. The summed E-state index contributed by atoms with van der Waals surface area (Å²) in [6.45, 7) is 7.62. The van der Waals surface area contributed by atoms with Gasteiger partial charge in [0.2, 0.25) is 5.91 Å². The minimum absolute atomic E-state index is 0.235. The minimum atomic E-state index is 0.235. The van der Waals surface area contributed by atoms with Crippen LogP contribution in [0.25, 0.3) is 10.8 Å². The van der Waals surface area contributed by atoms with E-state index < -0.39 is 0 Å². The van der Waals surface area contributed by atoms with Gasteiger partial charge in [-0.25, -0.2) is 4.98 Å². The van der Waals surface area contributed by atoms with Crippen LogP contribution in [0.4, 0.5) is 0 Å². The number of nitrogens with zero attached hydrogens (tertiary/aromatic N) is 4. The first-order valence-electron chi connectivity index (χ1n) is 10.2. The van der Waals surface area contributed by atoms with Gasteiger partial charge in [0.05, 0.1) is 6.42 Å². The molecule has 0 saturated carbocycles. The summed E-state index contributed by atoms with van der Waals surface area (Å²) in [5.74, 6) is 1.38. The lowest BCUT2D eigenvalue weighted by Gasteiger charge is -2.35. The molecule has 1 saturated heterocycles. The van der Waals surface area contributed by atoms with E-state index in [4.69, 9.17) is 0 Å². The van der Waals surface area contributed by atoms with Crippen molar-refractivity contribution < 1.29 is 4.79 Å². The molecule has 1 aliphatic rings. The highest BCUT2D eigenvalue weighted by Gasteiger charge is 2.21. The average Bonchev–Trinajstić information content (AvgIpc) is 3.20. The number of amides is 1. The van der Waals surface area contributed by atoms with Crippen molar-refractivity contribution in [3.8, 4) is 0 Å². The summed E-state index contributed by atoms with van der Waals surface area (Å²) in [7, 11) is 0. The van der Waals surface area contributed by atoms with Gasteiger partial charge in [0, 0.05) is 58.1 Å². The summed E-state index contributed by atoms with van der Waals surface area (Å²) in [6.07, 6.45) is 5.38. The average molecular weight is 377 g/mol. The Morgan fingerprint density at radius 2 is 1.79 bits per heavy atom. The molecule has 0 bridgehead atoms. The third-order valence-electron chi connectivity index (χ3n) is 5.72. The summed E-state index contributed by atoms with van der Waals surface area (Å²) in [5, 5.41) is 2.38. The van der Waals surface area contributed by atoms with Crippen molar-refractivity contribution in [3.05, 3.63) is 66.2 Å². The van der Waals surface area contributed by atoms with Crippen LogP contribution in [-0.2, 0) is 24.2 Å². The van der Waals surface area contributed by atoms with Crippen LogP contribution in [0.5, 0.6) is 0 Å². The van der Waals surface area contributed by atoms with Gasteiger partial charge >= 0.3 is 0 Å². The van der Waals surface area contributed by atoms with Gasteiger partial charge in [0.25, 0.3) is 0 Å². The zero-order valence-electron chi connectivity index (χ0n) is 16.6. The number of piperazine rings is 1. The maximum Gasteiger partial charge on any atom is 0.227 e. The van der Waals surface area contributed by atoms with Crippen LogP contribution in [0.2, 0.25) is 0 Å². The zero-order valence-corrected chi connectivity index (χ0v) is 16.6. The first kappa shape index (κ1) is 18.7. The Hall–Kier alpha value is -2.66. The van der Waals surface area contributed by atoms with E-state index >= 15 is 0 Å². The molecule has 0 N–H and O–H groups in total. The van der Waals surface area contributed by atoms with Crippen molar-refractivity contribution in [1.29, 1.82) is 0 Å². The van der Waals surface area contributed by atoms with Crippen LogP contribution < -0.4 is 0 Å². The van der Waals surface area contributed by atoms with Crippen LogP contribution in [-0.4, -0.2) is 58.0 Å². The molecule has 4 rings (SSSR count). The van der Waals surface area contributed by atoms with Crippen molar-refractivity contribution in [2.45, 2.75) is 26.3 Å². The van der Waals surface area contributed by atoms with Gasteiger partial charge in [0.1, 0.15) is 5.82 Å². The second-order valence-electron chi connectivity index (χ2n) is 7.43. The zero-order chi connectivity index (χ0) is 19.3. The molecule has 2 heterocycles. The molecule has 0 radical (unpaired) electrons. The SMILES string of the molecule is CCc1nccn1CCN1CCN(C(=O)Cc2cccc3ccccc23)CC1. The molecule has 5 nitrogen and oxygen atoms in total. The van der Waals surface area contributed by atoms with E-state index in [0.717, 1.165) is 57.1 Å². The maximum atomic E-state index is 12.8. The topological polar surface area (TPSA) is 41.4 Å². The molecule has 1 aliphatic heterocycles. The van der Waals surface area contributed by atoms with Crippen molar-refractivity contribution >= 4 is 16.7 Å². The molecule has 146 valence electrons. The van der Waals surface area contributed by atoms with E-state index in [1.165, 1.54) is 10.8 Å². The Labute approximate surface area is 166 Å². The van der Waals surface area contributed by atoms with Crippen LogP contribution in [0.1, 0.15) is 18.3 Å². The van der Waals surface area contributed by atoms with Gasteiger partial charge in [-0.2, -0.15) is 0 Å². The second kappa shape index (κ2) is 8.57. The summed E-state index contributed by atoms with van der Waals surface area (Å²) in [6, 6.07) is 14.5. The summed E-state index contributed by atoms with van der Waals surface area (Å²) >= 11 is 0. The van der Waals surface area contributed by atoms with Gasteiger partial charge < -0.3 is 9.47 Å². The van der Waals surface area contributed by atoms with E-state index in [1.807, 2.05) is 29.3 Å². The monoisotopic (exact) mass is 376 g/mol. The van der Waals surface area contributed by atoms with Crippen molar-refractivity contribution in [1.82, 2.24) is 19.4 Å². The number of benzene rings is 2. The molecule has 0 atom stereocenters. The highest BCUT2D eigenvalue weighted by Crippen LogP contribution is 2.19. The highest BCUT2D eigenvalue weighted by atomic mass is 16.2. The van der Waals surface area contributed by atoms with E-state index in [1.54, 1.807) is 0 Å². The second-order valence-corrected chi connectivity index (χ2v) is 7.43. The van der Waals surface area contributed by atoms with Gasteiger partial charge in [-0.15, -0.1) is 0 Å². The molecule has 28 heavy (non-hydrogen) atoms. The molecule has 1 fully saturated rings. The summed E-state index contributed by atoms with van der Waals surface area (Å²) in [5.41, 5.74) is 1.12. The molecule has 0 aliphatic carbocycles. The van der Waals surface area contributed by atoms with Crippen LogP contribution >= 0.6 is 0 Å². The van der Waals surface area contributed by atoms with Gasteiger partial charge in [0.15, 0.2) is 0 Å². The maximum absolute atomic E-state index is 12.8. The van der Waals surface area contributed by atoms with Gasteiger partial charge in [-0.1, -0.05) is 49.4 Å². The summed E-state index contributed by atoms with van der Waals surface area (Å²) in [4.78, 5) is 21.7. The number of hydrogen-bond acceptors (Lipinski definition) is 3. The minimum Gasteiger partial charge on any atom is -0.340 e. The number of rotatable bonds is 6. The number of carbonyl (C=O) groups is 1. The smallest absolute Gasteiger partial charge is 0.227 e. The van der Waals surface area contributed by atoms with E-state index in [2.05, 4.69) is 51.8 Å². The molecule has 3 aromatic rings. The Bertz CT molecular complexity index is 935. The lowest BCUT2D eigenvalue weighted by atomic mass is 10.0. The molecule has 0 unspecified atom stereocenters. The highest BCUT2D eigenvalue weighted by molar-refractivity contribution is 5.90. The van der Waals surface area contributed by atoms with Crippen molar-refractivity contribution in [2.75, 3.05) is 32.7 Å². The number of fused-ring (bicyclic) bond motifs is 1. The Balaban J connectivity index is 1.30. The van der Waals surface area contributed by atoms with Crippen molar-refractivity contribution in [3.63, 3.8) is 0 Å². The Kier molecular flexibility index (Phi) is 5.72. The molecule has 2 aromatic carbocycles. The molecular formula is C23H28N4O. The van der Waals surface area contributed by atoms with Crippen LogP contribution in [0, 0.1) is 0 Å².